The number of aromatic hydroxyl groups is 4. The van der Waals surface area contributed by atoms with Gasteiger partial charge in [-0.15, -0.1) is 0 Å². The maximum atomic E-state index is 12.3. The SMILES string of the molecule is O=C(OC[C@H]1O[C@@H](Oc2ccc(O)c3c2[C@@H](O)C=CC3=O)[C@H](O)[C@@H](O)[C@@H]1O)c1cc(O)c(O)c(O)c1. The molecular formula is C23H22O13. The third-order valence-electron chi connectivity index (χ3n) is 5.75. The minimum absolute atomic E-state index is 0.103. The Kier molecular flexibility index (Phi) is 6.75. The minimum Gasteiger partial charge on any atom is -0.507 e. The van der Waals surface area contributed by atoms with Crippen LogP contribution in [0.1, 0.15) is 32.4 Å². The highest BCUT2D eigenvalue weighted by Crippen LogP contribution is 2.40. The van der Waals surface area contributed by atoms with E-state index in [9.17, 15) is 50.4 Å². The molecule has 1 aliphatic heterocycles. The summed E-state index contributed by atoms with van der Waals surface area (Å²) < 4.78 is 16.1. The highest BCUT2D eigenvalue weighted by Gasteiger charge is 2.46. The summed E-state index contributed by atoms with van der Waals surface area (Å²) in [6, 6.07) is 3.99. The number of fused-ring (bicyclic) bond motifs is 1. The smallest absolute Gasteiger partial charge is 0.338 e. The van der Waals surface area contributed by atoms with Gasteiger partial charge in [0.1, 0.15) is 48.6 Å². The van der Waals surface area contributed by atoms with Crippen LogP contribution in [0, 0.1) is 0 Å². The number of rotatable bonds is 5. The molecular weight excluding hydrogens is 484 g/mol. The number of esters is 1. The van der Waals surface area contributed by atoms with Gasteiger partial charge in [-0.3, -0.25) is 4.79 Å². The summed E-state index contributed by atoms with van der Waals surface area (Å²) in [6.07, 6.45) is -7.59. The maximum absolute atomic E-state index is 12.3. The van der Waals surface area contributed by atoms with E-state index in [2.05, 4.69) is 0 Å². The largest absolute Gasteiger partial charge is 0.507 e. The number of allylic oxidation sites excluding steroid dienone is 1. The van der Waals surface area contributed by atoms with Crippen molar-refractivity contribution in [1.82, 2.24) is 0 Å². The first kappa shape index (κ1) is 25.2. The molecule has 0 radical (unpaired) electrons. The first-order chi connectivity index (χ1) is 17.0. The van der Waals surface area contributed by atoms with Crippen LogP contribution in [0.15, 0.2) is 36.4 Å². The molecule has 0 saturated carbocycles. The number of aliphatic hydroxyl groups is 4. The molecule has 0 aromatic heterocycles. The Morgan fingerprint density at radius 1 is 0.917 bits per heavy atom. The molecule has 0 spiro atoms. The highest BCUT2D eigenvalue weighted by molar-refractivity contribution is 6.09. The Balaban J connectivity index is 1.52. The Labute approximate surface area is 202 Å². The van der Waals surface area contributed by atoms with Gasteiger partial charge in [-0.1, -0.05) is 0 Å². The summed E-state index contributed by atoms with van der Waals surface area (Å²) in [5, 5.41) is 79.7. The summed E-state index contributed by atoms with van der Waals surface area (Å²) in [7, 11) is 0. The fourth-order valence-electron chi connectivity index (χ4n) is 3.84. The zero-order valence-electron chi connectivity index (χ0n) is 18.3. The molecule has 2 aliphatic rings. The predicted octanol–water partition coefficient (Wildman–Crippen LogP) is -0.662. The number of ether oxygens (including phenoxy) is 3. The molecule has 1 saturated heterocycles. The number of hydrogen-bond acceptors (Lipinski definition) is 13. The van der Waals surface area contributed by atoms with Crippen molar-refractivity contribution in [2.24, 2.45) is 0 Å². The summed E-state index contributed by atoms with van der Waals surface area (Å²) in [5.74, 6) is -4.67. The number of benzene rings is 2. The number of aliphatic hydroxyl groups excluding tert-OH is 4. The van der Waals surface area contributed by atoms with Crippen molar-refractivity contribution in [2.45, 2.75) is 36.8 Å². The Morgan fingerprint density at radius 3 is 2.25 bits per heavy atom. The molecule has 2 aromatic rings. The van der Waals surface area contributed by atoms with Gasteiger partial charge in [0.05, 0.1) is 11.1 Å². The zero-order valence-corrected chi connectivity index (χ0v) is 18.3. The van der Waals surface area contributed by atoms with Crippen LogP contribution in [0.3, 0.4) is 0 Å². The first-order valence-corrected chi connectivity index (χ1v) is 10.5. The molecule has 8 N–H and O–H groups in total. The molecule has 0 unspecified atom stereocenters. The molecule has 1 heterocycles. The lowest BCUT2D eigenvalue weighted by Gasteiger charge is -2.40. The van der Waals surface area contributed by atoms with E-state index in [4.69, 9.17) is 14.2 Å². The fourth-order valence-corrected chi connectivity index (χ4v) is 3.84. The van der Waals surface area contributed by atoms with Crippen LogP contribution in [0.25, 0.3) is 0 Å². The summed E-state index contributed by atoms with van der Waals surface area (Å²) in [6.45, 7) is -0.677. The second-order valence-electron chi connectivity index (χ2n) is 8.13. The van der Waals surface area contributed by atoms with Crippen molar-refractivity contribution < 1.29 is 64.7 Å². The average Bonchev–Trinajstić information content (AvgIpc) is 2.84. The molecule has 2 aromatic carbocycles. The lowest BCUT2D eigenvalue weighted by atomic mass is 9.92. The fraction of sp³-hybridized carbons (Fsp3) is 0.304. The molecule has 1 aliphatic carbocycles. The van der Waals surface area contributed by atoms with Gasteiger partial charge in [0.25, 0.3) is 0 Å². The molecule has 1 fully saturated rings. The first-order valence-electron chi connectivity index (χ1n) is 10.5. The van der Waals surface area contributed by atoms with Gasteiger partial charge >= 0.3 is 5.97 Å². The van der Waals surface area contributed by atoms with E-state index in [-0.39, 0.29) is 22.4 Å². The normalized spacial score (nSPS) is 27.4. The van der Waals surface area contributed by atoms with E-state index in [0.29, 0.717) is 0 Å². The molecule has 13 heteroatoms. The Morgan fingerprint density at radius 2 is 1.58 bits per heavy atom. The van der Waals surface area contributed by atoms with Gasteiger partial charge in [0, 0.05) is 5.56 Å². The summed E-state index contributed by atoms with van der Waals surface area (Å²) >= 11 is 0. The van der Waals surface area contributed by atoms with Gasteiger partial charge in [-0.05, 0) is 36.4 Å². The van der Waals surface area contributed by atoms with Gasteiger partial charge < -0.3 is 55.1 Å². The van der Waals surface area contributed by atoms with Crippen LogP contribution in [0.2, 0.25) is 0 Å². The topological polar surface area (TPSA) is 224 Å². The molecule has 4 rings (SSSR count). The van der Waals surface area contributed by atoms with Crippen LogP contribution in [0.5, 0.6) is 28.7 Å². The number of hydrogen-bond donors (Lipinski definition) is 8. The van der Waals surface area contributed by atoms with E-state index in [1.165, 1.54) is 6.07 Å². The predicted molar refractivity (Wildman–Crippen MR) is 116 cm³/mol. The van der Waals surface area contributed by atoms with E-state index in [1.807, 2.05) is 0 Å². The third-order valence-corrected chi connectivity index (χ3v) is 5.75. The van der Waals surface area contributed by atoms with Crippen molar-refractivity contribution in [3.63, 3.8) is 0 Å². The molecule has 0 amide bonds. The van der Waals surface area contributed by atoms with E-state index in [1.54, 1.807) is 0 Å². The quantitative estimate of drug-likeness (QED) is 0.186. The van der Waals surface area contributed by atoms with Crippen LogP contribution in [-0.4, -0.2) is 89.9 Å². The second kappa shape index (κ2) is 9.64. The van der Waals surface area contributed by atoms with Gasteiger partial charge in [-0.2, -0.15) is 0 Å². The van der Waals surface area contributed by atoms with Crippen molar-refractivity contribution in [3.8, 4) is 28.7 Å². The van der Waals surface area contributed by atoms with E-state index >= 15 is 0 Å². The third kappa shape index (κ3) is 4.53. The minimum atomic E-state index is -1.83. The summed E-state index contributed by atoms with van der Waals surface area (Å²) in [4.78, 5) is 24.5. The molecule has 192 valence electrons. The Hall–Kier alpha value is -3.88. The average molecular weight is 506 g/mol. The van der Waals surface area contributed by atoms with Crippen LogP contribution >= 0.6 is 0 Å². The lowest BCUT2D eigenvalue weighted by Crippen LogP contribution is -2.60. The van der Waals surface area contributed by atoms with Crippen LogP contribution in [-0.2, 0) is 9.47 Å². The second-order valence-corrected chi connectivity index (χ2v) is 8.13. The number of phenolic OH excluding ortho intramolecular Hbond substituents is 4. The summed E-state index contributed by atoms with van der Waals surface area (Å²) in [5.41, 5.74) is -0.669. The van der Waals surface area contributed by atoms with Crippen LogP contribution in [0.4, 0.5) is 0 Å². The number of phenols is 4. The number of carbonyl (C=O) groups excluding carboxylic acids is 2. The lowest BCUT2D eigenvalue weighted by molar-refractivity contribution is -0.277. The van der Waals surface area contributed by atoms with Crippen LogP contribution < -0.4 is 4.74 Å². The monoisotopic (exact) mass is 506 g/mol. The zero-order chi connectivity index (χ0) is 26.3. The standard InChI is InChI=1S/C23H22O13/c24-9-1-2-11(26)17-14(4-3-10(25)16(9)17)35-23-21(32)20(31)19(30)15(36-23)7-34-22(33)8-5-12(27)18(29)13(28)6-8/h1-6,11,15,19-21,23,25-32H,7H2/t11-,15+,19+,20-,21+,23+/m0/s1. The maximum Gasteiger partial charge on any atom is 0.338 e. The number of ketones is 1. The van der Waals surface area contributed by atoms with Gasteiger partial charge in [0.2, 0.25) is 6.29 Å². The Bertz CT molecular complexity index is 1200. The van der Waals surface area contributed by atoms with E-state index < -0.39 is 78.2 Å². The van der Waals surface area contributed by atoms with Gasteiger partial charge in [0.15, 0.2) is 23.0 Å². The van der Waals surface area contributed by atoms with Crippen molar-refractivity contribution in [2.75, 3.05) is 6.61 Å². The van der Waals surface area contributed by atoms with Crippen molar-refractivity contribution >= 4 is 11.8 Å². The molecule has 6 atom stereocenters. The number of carbonyl (C=O) groups is 2. The van der Waals surface area contributed by atoms with E-state index in [0.717, 1.165) is 30.4 Å². The molecule has 36 heavy (non-hydrogen) atoms. The molecule has 13 nitrogen and oxygen atoms in total. The highest BCUT2D eigenvalue weighted by atomic mass is 16.7. The molecule has 0 bridgehead atoms. The van der Waals surface area contributed by atoms with Crippen molar-refractivity contribution in [3.05, 3.63) is 53.1 Å². The van der Waals surface area contributed by atoms with Crippen molar-refractivity contribution in [1.29, 1.82) is 0 Å². The van der Waals surface area contributed by atoms with Gasteiger partial charge in [-0.25, -0.2) is 4.79 Å².